The molecule has 0 radical (unpaired) electrons. The number of halogens is 7. The Kier molecular flexibility index (Phi) is 2.84. The van der Waals surface area contributed by atoms with Crippen molar-refractivity contribution in [3.63, 3.8) is 0 Å². The predicted molar refractivity (Wildman–Crippen MR) is 28.8 cm³/mol. The van der Waals surface area contributed by atoms with Gasteiger partial charge in [0, 0.05) is 6.92 Å². The van der Waals surface area contributed by atoms with Gasteiger partial charge in [0.15, 0.2) is 0 Å². The van der Waals surface area contributed by atoms with Crippen LogP contribution in [-0.2, 0) is 0 Å². The van der Waals surface area contributed by atoms with Crippen molar-refractivity contribution < 1.29 is 40.9 Å². The van der Waals surface area contributed by atoms with Gasteiger partial charge in [0.1, 0.15) is 0 Å². The van der Waals surface area contributed by atoms with E-state index in [0.29, 0.717) is 0 Å². The summed E-state index contributed by atoms with van der Waals surface area (Å²) in [6.45, 7) is -0.413. The SMILES string of the molecule is CC(O)(F)C(F)(F)C(O)(F)C(F)(F)F. The van der Waals surface area contributed by atoms with E-state index in [9.17, 15) is 30.7 Å². The second-order valence-electron chi connectivity index (χ2n) is 2.65. The molecule has 0 aliphatic heterocycles. The molecule has 0 saturated heterocycles. The minimum Gasteiger partial charge on any atom is -0.357 e. The molecule has 2 N–H and O–H groups in total. The van der Waals surface area contributed by atoms with Gasteiger partial charge in [-0.1, -0.05) is 0 Å². The first kappa shape index (κ1) is 13.4. The highest BCUT2D eigenvalue weighted by Gasteiger charge is 2.77. The van der Waals surface area contributed by atoms with Gasteiger partial charge in [-0.3, -0.25) is 0 Å². The van der Waals surface area contributed by atoms with Crippen LogP contribution in [0.1, 0.15) is 6.92 Å². The highest BCUT2D eigenvalue weighted by molar-refractivity contribution is 4.97. The summed E-state index contributed by atoms with van der Waals surface area (Å²) >= 11 is 0. The van der Waals surface area contributed by atoms with Crippen molar-refractivity contribution in [3.8, 4) is 0 Å². The third kappa shape index (κ3) is 1.78. The number of alkyl halides is 7. The minimum absolute atomic E-state index is 0.413. The topological polar surface area (TPSA) is 40.5 Å². The molecule has 0 bridgehead atoms. The molecule has 0 heterocycles. The van der Waals surface area contributed by atoms with Crippen LogP contribution in [0.15, 0.2) is 0 Å². The molecule has 0 rings (SSSR count). The van der Waals surface area contributed by atoms with E-state index in [1.807, 2.05) is 0 Å². The molecule has 14 heavy (non-hydrogen) atoms. The molecule has 0 fully saturated rings. The Morgan fingerprint density at radius 2 is 1.07 bits per heavy atom. The molecule has 2 nitrogen and oxygen atoms in total. The van der Waals surface area contributed by atoms with Gasteiger partial charge in [-0.2, -0.15) is 26.3 Å². The maximum Gasteiger partial charge on any atom is 0.455 e. The van der Waals surface area contributed by atoms with Crippen LogP contribution < -0.4 is 0 Å². The first-order valence-electron chi connectivity index (χ1n) is 3.02. The lowest BCUT2D eigenvalue weighted by molar-refractivity contribution is -0.428. The second-order valence-corrected chi connectivity index (χ2v) is 2.65. The van der Waals surface area contributed by atoms with Gasteiger partial charge in [0.25, 0.3) is 5.85 Å². The van der Waals surface area contributed by atoms with Gasteiger partial charge in [-0.05, 0) is 0 Å². The average Bonchev–Trinajstić information content (AvgIpc) is 1.81. The predicted octanol–water partition coefficient (Wildman–Crippen LogP) is 1.52. The minimum atomic E-state index is -6.42. The summed E-state index contributed by atoms with van der Waals surface area (Å²) in [6, 6.07) is 0. The van der Waals surface area contributed by atoms with Gasteiger partial charge in [-0.25, -0.2) is 4.39 Å². The molecule has 0 spiro atoms. The van der Waals surface area contributed by atoms with Crippen LogP contribution in [0.2, 0.25) is 0 Å². The molecular weight excluding hydrogens is 225 g/mol. The lowest BCUT2D eigenvalue weighted by Gasteiger charge is -2.34. The first-order chi connectivity index (χ1) is 5.75. The Labute approximate surface area is 72.9 Å². The molecule has 0 amide bonds. The van der Waals surface area contributed by atoms with Crippen molar-refractivity contribution in [2.24, 2.45) is 0 Å². The van der Waals surface area contributed by atoms with Crippen molar-refractivity contribution in [2.75, 3.05) is 0 Å². The summed E-state index contributed by atoms with van der Waals surface area (Å²) in [6.07, 6.45) is -6.42. The molecule has 0 aromatic rings. The maximum absolute atomic E-state index is 12.2. The van der Waals surface area contributed by atoms with Crippen LogP contribution >= 0.6 is 0 Å². The fourth-order valence-corrected chi connectivity index (χ4v) is 0.480. The zero-order chi connectivity index (χ0) is 12.0. The Morgan fingerprint density at radius 3 is 1.14 bits per heavy atom. The van der Waals surface area contributed by atoms with E-state index in [1.165, 1.54) is 0 Å². The normalized spacial score (nSPS) is 22.7. The molecule has 0 aliphatic rings. The largest absolute Gasteiger partial charge is 0.455 e. The summed E-state index contributed by atoms with van der Waals surface area (Å²) in [5.74, 6) is -17.0. The molecule has 0 saturated carbocycles. The standard InChI is InChI=1S/C5H5F7O2/c1-2(6,13)3(7,8)4(9,14)5(10,11)12/h13-14H,1H3. The van der Waals surface area contributed by atoms with E-state index in [-0.39, 0.29) is 0 Å². The van der Waals surface area contributed by atoms with E-state index < -0.39 is 30.7 Å². The van der Waals surface area contributed by atoms with Gasteiger partial charge in [-0.15, -0.1) is 0 Å². The van der Waals surface area contributed by atoms with Gasteiger partial charge in [0.2, 0.25) is 0 Å². The first-order valence-corrected chi connectivity index (χ1v) is 3.02. The van der Waals surface area contributed by atoms with E-state index in [1.54, 1.807) is 0 Å². The summed E-state index contributed by atoms with van der Waals surface area (Å²) in [5.41, 5.74) is 0. The monoisotopic (exact) mass is 230 g/mol. The second kappa shape index (κ2) is 2.96. The van der Waals surface area contributed by atoms with Crippen molar-refractivity contribution in [2.45, 2.75) is 30.7 Å². The van der Waals surface area contributed by atoms with Crippen LogP contribution in [0.4, 0.5) is 30.7 Å². The van der Waals surface area contributed by atoms with Gasteiger partial charge in [0.05, 0.1) is 0 Å². The fraction of sp³-hybridized carbons (Fsp3) is 1.00. The lowest BCUT2D eigenvalue weighted by atomic mass is 10.0. The third-order valence-electron chi connectivity index (χ3n) is 1.36. The molecule has 86 valence electrons. The van der Waals surface area contributed by atoms with Gasteiger partial charge < -0.3 is 10.2 Å². The number of rotatable bonds is 2. The van der Waals surface area contributed by atoms with Crippen molar-refractivity contribution in [3.05, 3.63) is 0 Å². The lowest BCUT2D eigenvalue weighted by Crippen LogP contribution is -2.63. The molecule has 0 aliphatic carbocycles. The molecule has 0 aromatic carbocycles. The van der Waals surface area contributed by atoms with E-state index >= 15 is 0 Å². The summed E-state index contributed by atoms with van der Waals surface area (Å²) in [5, 5.41) is 15.7. The third-order valence-corrected chi connectivity index (χ3v) is 1.36. The van der Waals surface area contributed by atoms with E-state index in [4.69, 9.17) is 10.2 Å². The maximum atomic E-state index is 12.2. The Hall–Kier alpha value is -0.570. The summed E-state index contributed by atoms with van der Waals surface area (Å²) in [7, 11) is 0. The molecular formula is C5H5F7O2. The van der Waals surface area contributed by atoms with Gasteiger partial charge >= 0.3 is 18.0 Å². The average molecular weight is 230 g/mol. The van der Waals surface area contributed by atoms with E-state index in [2.05, 4.69) is 0 Å². The smallest absolute Gasteiger partial charge is 0.357 e. The Bertz CT molecular complexity index is 189. The number of hydrogen-bond donors (Lipinski definition) is 2. The molecule has 2 unspecified atom stereocenters. The molecule has 9 heteroatoms. The van der Waals surface area contributed by atoms with E-state index in [0.717, 1.165) is 0 Å². The van der Waals surface area contributed by atoms with Crippen LogP contribution in [0, 0.1) is 0 Å². The number of hydrogen-bond acceptors (Lipinski definition) is 2. The van der Waals surface area contributed by atoms with Crippen molar-refractivity contribution in [1.29, 1.82) is 0 Å². The van der Waals surface area contributed by atoms with Crippen molar-refractivity contribution in [1.82, 2.24) is 0 Å². The molecule has 0 aromatic heterocycles. The number of aliphatic hydroxyl groups is 2. The molecule has 2 atom stereocenters. The zero-order valence-corrected chi connectivity index (χ0v) is 6.54. The summed E-state index contributed by atoms with van der Waals surface area (Å²) < 4.78 is 83.1. The quantitative estimate of drug-likeness (QED) is 0.706. The Balaban J connectivity index is 5.30. The zero-order valence-electron chi connectivity index (χ0n) is 6.54. The highest BCUT2D eigenvalue weighted by Crippen LogP contribution is 2.48. The van der Waals surface area contributed by atoms with Crippen LogP contribution in [0.5, 0.6) is 0 Å². The Morgan fingerprint density at radius 1 is 0.786 bits per heavy atom. The van der Waals surface area contributed by atoms with Crippen LogP contribution in [-0.4, -0.2) is 34.0 Å². The van der Waals surface area contributed by atoms with Crippen molar-refractivity contribution >= 4 is 0 Å². The van der Waals surface area contributed by atoms with Crippen LogP contribution in [0.3, 0.4) is 0 Å². The fourth-order valence-electron chi connectivity index (χ4n) is 0.480. The van der Waals surface area contributed by atoms with Crippen LogP contribution in [0.25, 0.3) is 0 Å². The highest BCUT2D eigenvalue weighted by atomic mass is 19.4. The summed E-state index contributed by atoms with van der Waals surface area (Å²) in [4.78, 5) is 0.